The quantitative estimate of drug-likeness (QED) is 0.604. The molecular formula is C19H28O. The summed E-state index contributed by atoms with van der Waals surface area (Å²) in [5, 5.41) is 0. The number of hydrogen-bond acceptors (Lipinski definition) is 1. The summed E-state index contributed by atoms with van der Waals surface area (Å²) in [7, 11) is 0. The average molecular weight is 272 g/mol. The molecule has 20 heavy (non-hydrogen) atoms. The number of fused-ring (bicyclic) bond motifs is 1. The van der Waals surface area contributed by atoms with Crippen molar-refractivity contribution < 1.29 is 4.74 Å². The van der Waals surface area contributed by atoms with E-state index in [0.717, 1.165) is 6.61 Å². The average Bonchev–Trinajstić information content (AvgIpc) is 2.79. The van der Waals surface area contributed by atoms with Crippen molar-refractivity contribution in [2.24, 2.45) is 0 Å². The predicted octanol–water partition coefficient (Wildman–Crippen LogP) is 5.39. The van der Waals surface area contributed by atoms with Gasteiger partial charge in [0.05, 0.1) is 5.60 Å². The molecule has 2 rings (SSSR count). The fourth-order valence-electron chi connectivity index (χ4n) is 2.70. The van der Waals surface area contributed by atoms with Crippen molar-refractivity contribution >= 4 is 6.08 Å². The predicted molar refractivity (Wildman–Crippen MR) is 86.9 cm³/mol. The molecule has 1 nitrogen and oxygen atoms in total. The molecule has 0 heterocycles. The van der Waals surface area contributed by atoms with Crippen molar-refractivity contribution in [3.63, 3.8) is 0 Å². The first-order valence-corrected chi connectivity index (χ1v) is 7.96. The van der Waals surface area contributed by atoms with Crippen molar-refractivity contribution in [2.45, 2.75) is 64.9 Å². The second-order valence-corrected chi connectivity index (χ2v) is 6.80. The van der Waals surface area contributed by atoms with E-state index in [1.165, 1.54) is 49.7 Å². The molecule has 1 aromatic rings. The first-order chi connectivity index (χ1) is 9.54. The highest BCUT2D eigenvalue weighted by molar-refractivity contribution is 5.63. The second kappa shape index (κ2) is 7.08. The van der Waals surface area contributed by atoms with Crippen molar-refractivity contribution in [1.82, 2.24) is 0 Å². The first kappa shape index (κ1) is 15.3. The number of ether oxygens (including phenoxy) is 1. The lowest BCUT2D eigenvalue weighted by molar-refractivity contribution is -0.00473. The molecule has 0 bridgehead atoms. The standard InChI is InChI=1S/C19H28O/c1-19(2,3)20-13-9-5-4-6-10-16-14-17-11-7-8-12-18(17)15-16/h7-8,11-12,14H,4-6,9-10,13,15H2,1-3H3. The minimum absolute atomic E-state index is 0.0143. The zero-order valence-electron chi connectivity index (χ0n) is 13.2. The van der Waals surface area contributed by atoms with Crippen molar-refractivity contribution in [3.05, 3.63) is 41.0 Å². The molecule has 0 amide bonds. The van der Waals surface area contributed by atoms with Crippen molar-refractivity contribution in [3.8, 4) is 0 Å². The van der Waals surface area contributed by atoms with Gasteiger partial charge in [0, 0.05) is 6.61 Å². The SMILES string of the molecule is CC(C)(C)OCCCCCCC1=Cc2ccccc2C1. The van der Waals surface area contributed by atoms with Crippen LogP contribution in [0.25, 0.3) is 6.08 Å². The van der Waals surface area contributed by atoms with Crippen LogP contribution in [-0.4, -0.2) is 12.2 Å². The lowest BCUT2D eigenvalue weighted by Gasteiger charge is -2.19. The first-order valence-electron chi connectivity index (χ1n) is 7.96. The Morgan fingerprint density at radius 1 is 1.00 bits per heavy atom. The molecule has 110 valence electrons. The van der Waals surface area contributed by atoms with Crippen LogP contribution in [0, 0.1) is 0 Å². The molecule has 0 aromatic heterocycles. The summed E-state index contributed by atoms with van der Waals surface area (Å²) in [5.74, 6) is 0. The Hall–Kier alpha value is -1.08. The van der Waals surface area contributed by atoms with E-state index in [1.807, 2.05) is 0 Å². The van der Waals surface area contributed by atoms with E-state index in [-0.39, 0.29) is 5.60 Å². The van der Waals surface area contributed by atoms with Gasteiger partial charge in [-0.1, -0.05) is 48.8 Å². The highest BCUT2D eigenvalue weighted by Crippen LogP contribution is 2.27. The van der Waals surface area contributed by atoms with Crippen molar-refractivity contribution in [2.75, 3.05) is 6.61 Å². The van der Waals surface area contributed by atoms with E-state index in [9.17, 15) is 0 Å². The Morgan fingerprint density at radius 3 is 2.50 bits per heavy atom. The van der Waals surface area contributed by atoms with Crippen LogP contribution in [0.4, 0.5) is 0 Å². The van der Waals surface area contributed by atoms with Crippen LogP contribution in [0.1, 0.15) is 64.0 Å². The van der Waals surface area contributed by atoms with E-state index in [1.54, 1.807) is 5.57 Å². The van der Waals surface area contributed by atoms with Gasteiger partial charge in [-0.3, -0.25) is 0 Å². The van der Waals surface area contributed by atoms with E-state index < -0.39 is 0 Å². The lowest BCUT2D eigenvalue weighted by Crippen LogP contribution is -2.19. The molecule has 0 fully saturated rings. The van der Waals surface area contributed by atoms with Gasteiger partial charge in [-0.25, -0.2) is 0 Å². The normalized spacial score (nSPS) is 14.2. The van der Waals surface area contributed by atoms with Gasteiger partial charge in [0.15, 0.2) is 0 Å². The number of allylic oxidation sites excluding steroid dienone is 1. The molecule has 0 saturated heterocycles. The molecule has 0 unspecified atom stereocenters. The Morgan fingerprint density at radius 2 is 1.75 bits per heavy atom. The van der Waals surface area contributed by atoms with Crippen LogP contribution in [-0.2, 0) is 11.2 Å². The maximum atomic E-state index is 5.74. The van der Waals surface area contributed by atoms with Crippen LogP contribution in [0.15, 0.2) is 29.8 Å². The van der Waals surface area contributed by atoms with E-state index in [2.05, 4.69) is 51.1 Å². The van der Waals surface area contributed by atoms with Gasteiger partial charge in [0.25, 0.3) is 0 Å². The number of unbranched alkanes of at least 4 members (excludes halogenated alkanes) is 3. The fourth-order valence-corrected chi connectivity index (χ4v) is 2.70. The third kappa shape index (κ3) is 5.13. The molecule has 0 aliphatic heterocycles. The Balaban J connectivity index is 1.55. The minimum Gasteiger partial charge on any atom is -0.376 e. The van der Waals surface area contributed by atoms with Crippen LogP contribution >= 0.6 is 0 Å². The highest BCUT2D eigenvalue weighted by Gasteiger charge is 2.11. The third-order valence-electron chi connectivity index (χ3n) is 3.76. The summed E-state index contributed by atoms with van der Waals surface area (Å²) >= 11 is 0. The van der Waals surface area contributed by atoms with Gasteiger partial charge in [0.2, 0.25) is 0 Å². The van der Waals surface area contributed by atoms with Gasteiger partial charge >= 0.3 is 0 Å². The molecular weight excluding hydrogens is 244 g/mol. The molecule has 0 N–H and O–H groups in total. The largest absolute Gasteiger partial charge is 0.376 e. The van der Waals surface area contributed by atoms with Crippen LogP contribution in [0.3, 0.4) is 0 Å². The second-order valence-electron chi connectivity index (χ2n) is 6.80. The topological polar surface area (TPSA) is 9.23 Å². The zero-order chi connectivity index (χ0) is 14.4. The zero-order valence-corrected chi connectivity index (χ0v) is 13.2. The molecule has 1 aliphatic rings. The number of benzene rings is 1. The Kier molecular flexibility index (Phi) is 5.42. The molecule has 0 atom stereocenters. The fraction of sp³-hybridized carbons (Fsp3) is 0.579. The smallest absolute Gasteiger partial charge is 0.0598 e. The molecule has 0 saturated carbocycles. The summed E-state index contributed by atoms with van der Waals surface area (Å²) < 4.78 is 5.74. The summed E-state index contributed by atoms with van der Waals surface area (Å²) in [4.78, 5) is 0. The molecule has 1 heteroatoms. The van der Waals surface area contributed by atoms with Crippen LogP contribution < -0.4 is 0 Å². The maximum absolute atomic E-state index is 5.74. The molecule has 0 radical (unpaired) electrons. The summed E-state index contributed by atoms with van der Waals surface area (Å²) in [6.45, 7) is 7.27. The van der Waals surface area contributed by atoms with Gasteiger partial charge < -0.3 is 4.74 Å². The maximum Gasteiger partial charge on any atom is 0.0598 e. The van der Waals surface area contributed by atoms with Gasteiger partial charge in [0.1, 0.15) is 0 Å². The van der Waals surface area contributed by atoms with Crippen molar-refractivity contribution in [1.29, 1.82) is 0 Å². The lowest BCUT2D eigenvalue weighted by atomic mass is 10.0. The molecule has 1 aliphatic carbocycles. The van der Waals surface area contributed by atoms with E-state index in [4.69, 9.17) is 4.74 Å². The number of rotatable bonds is 7. The summed E-state index contributed by atoms with van der Waals surface area (Å²) in [5.41, 5.74) is 4.56. The van der Waals surface area contributed by atoms with E-state index >= 15 is 0 Å². The van der Waals surface area contributed by atoms with Gasteiger partial charge in [-0.2, -0.15) is 0 Å². The van der Waals surface area contributed by atoms with Crippen LogP contribution in [0.5, 0.6) is 0 Å². The molecule has 0 spiro atoms. The highest BCUT2D eigenvalue weighted by atomic mass is 16.5. The van der Waals surface area contributed by atoms with E-state index in [0.29, 0.717) is 0 Å². The minimum atomic E-state index is 0.0143. The van der Waals surface area contributed by atoms with Gasteiger partial charge in [-0.15, -0.1) is 0 Å². The number of hydrogen-bond donors (Lipinski definition) is 0. The molecule has 1 aromatic carbocycles. The summed E-state index contributed by atoms with van der Waals surface area (Å²) in [6.07, 6.45) is 9.93. The monoisotopic (exact) mass is 272 g/mol. The summed E-state index contributed by atoms with van der Waals surface area (Å²) in [6, 6.07) is 8.76. The van der Waals surface area contributed by atoms with Crippen LogP contribution in [0.2, 0.25) is 0 Å². The Labute approximate surface area is 124 Å². The van der Waals surface area contributed by atoms with Gasteiger partial charge in [-0.05, 0) is 57.6 Å². The Bertz CT molecular complexity index is 451. The third-order valence-corrected chi connectivity index (χ3v) is 3.76.